The van der Waals surface area contributed by atoms with E-state index in [0.717, 1.165) is 6.42 Å². The van der Waals surface area contributed by atoms with E-state index in [0.29, 0.717) is 23.7 Å². The van der Waals surface area contributed by atoms with Crippen LogP contribution in [0.1, 0.15) is 29.5 Å². The first-order chi connectivity index (χ1) is 15.3. The number of benzene rings is 1. The first kappa shape index (κ1) is 23.3. The van der Waals surface area contributed by atoms with Gasteiger partial charge in [0.05, 0.1) is 31.8 Å². The van der Waals surface area contributed by atoms with Gasteiger partial charge in [-0.2, -0.15) is 0 Å². The highest BCUT2D eigenvalue weighted by atomic mass is 32.2. The molecule has 1 N–H and O–H groups in total. The Morgan fingerprint density at radius 3 is 2.56 bits per heavy atom. The van der Waals surface area contributed by atoms with Gasteiger partial charge in [0.25, 0.3) is 5.56 Å². The third-order valence-corrected chi connectivity index (χ3v) is 5.62. The molecule has 3 rings (SSSR count). The SMILES string of the molecule is CCCOC(=O)CSCc1nc2c(c(=O)[nH]c(=O)n2C)n1CC(=O)c1ccc(OC)cc1. The summed E-state index contributed by atoms with van der Waals surface area (Å²) in [6.45, 7) is 2.11. The largest absolute Gasteiger partial charge is 0.497 e. The van der Waals surface area contributed by atoms with Crippen LogP contribution in [0.3, 0.4) is 0 Å². The molecule has 0 bridgehead atoms. The summed E-state index contributed by atoms with van der Waals surface area (Å²) in [5, 5.41) is 0. The van der Waals surface area contributed by atoms with Crippen LogP contribution < -0.4 is 16.0 Å². The number of nitrogens with zero attached hydrogens (tertiary/aromatic N) is 3. The summed E-state index contributed by atoms with van der Waals surface area (Å²) in [6.07, 6.45) is 0.733. The molecule has 11 heteroatoms. The van der Waals surface area contributed by atoms with Crippen molar-refractivity contribution in [3.05, 3.63) is 56.5 Å². The summed E-state index contributed by atoms with van der Waals surface area (Å²) in [5.41, 5.74) is -0.494. The van der Waals surface area contributed by atoms with E-state index in [4.69, 9.17) is 9.47 Å². The smallest absolute Gasteiger partial charge is 0.329 e. The Labute approximate surface area is 187 Å². The van der Waals surface area contributed by atoms with Crippen molar-refractivity contribution in [2.24, 2.45) is 7.05 Å². The fraction of sp³-hybridized carbons (Fsp3) is 0.381. The van der Waals surface area contributed by atoms with Gasteiger partial charge in [0.1, 0.15) is 11.6 Å². The Kier molecular flexibility index (Phi) is 7.52. The van der Waals surface area contributed by atoms with Crippen LogP contribution >= 0.6 is 11.8 Å². The van der Waals surface area contributed by atoms with Gasteiger partial charge in [-0.15, -0.1) is 11.8 Å². The highest BCUT2D eigenvalue weighted by Crippen LogP contribution is 2.19. The number of thioether (sulfide) groups is 1. The van der Waals surface area contributed by atoms with E-state index < -0.39 is 11.2 Å². The number of rotatable bonds is 10. The van der Waals surface area contributed by atoms with E-state index in [2.05, 4.69) is 9.97 Å². The molecule has 0 amide bonds. The predicted octanol–water partition coefficient (Wildman–Crippen LogP) is 1.50. The number of Topliss-reactive ketones (excluding diaryl/α,β-unsaturated/α-hetero) is 1. The lowest BCUT2D eigenvalue weighted by Crippen LogP contribution is -2.29. The van der Waals surface area contributed by atoms with Crippen LogP contribution in [0.4, 0.5) is 0 Å². The molecule has 2 aromatic heterocycles. The van der Waals surface area contributed by atoms with Gasteiger partial charge in [-0.1, -0.05) is 6.92 Å². The zero-order valence-electron chi connectivity index (χ0n) is 18.0. The van der Waals surface area contributed by atoms with Crippen molar-refractivity contribution in [3.8, 4) is 5.75 Å². The summed E-state index contributed by atoms with van der Waals surface area (Å²) >= 11 is 1.25. The number of aromatic amines is 1. The summed E-state index contributed by atoms with van der Waals surface area (Å²) in [6, 6.07) is 6.62. The standard InChI is InChI=1S/C21H24N4O6S/c1-4-9-31-17(27)12-32-11-16-22-19-18(20(28)23-21(29)24(19)2)25(16)10-15(26)13-5-7-14(30-3)8-6-13/h5-8H,4,9-12H2,1-3H3,(H,23,28,29). The number of imidazole rings is 1. The van der Waals surface area contributed by atoms with Crippen molar-refractivity contribution in [1.82, 2.24) is 19.1 Å². The van der Waals surface area contributed by atoms with Crippen molar-refractivity contribution in [3.63, 3.8) is 0 Å². The average molecular weight is 461 g/mol. The average Bonchev–Trinajstić information content (AvgIpc) is 3.14. The molecule has 170 valence electrons. The Morgan fingerprint density at radius 1 is 1.19 bits per heavy atom. The van der Waals surface area contributed by atoms with Crippen LogP contribution in [-0.4, -0.2) is 50.3 Å². The zero-order valence-corrected chi connectivity index (χ0v) is 18.9. The molecule has 32 heavy (non-hydrogen) atoms. The van der Waals surface area contributed by atoms with Crippen LogP contribution in [0.15, 0.2) is 33.9 Å². The van der Waals surface area contributed by atoms with Crippen molar-refractivity contribution in [1.29, 1.82) is 0 Å². The van der Waals surface area contributed by atoms with Gasteiger partial charge in [-0.25, -0.2) is 9.78 Å². The first-order valence-corrected chi connectivity index (χ1v) is 11.1. The van der Waals surface area contributed by atoms with Crippen LogP contribution in [0, 0.1) is 0 Å². The molecule has 0 aliphatic carbocycles. The minimum Gasteiger partial charge on any atom is -0.497 e. The number of hydrogen-bond acceptors (Lipinski definition) is 8. The minimum atomic E-state index is -0.628. The maximum atomic E-state index is 12.9. The number of nitrogens with one attached hydrogen (secondary N) is 1. The van der Waals surface area contributed by atoms with Gasteiger partial charge < -0.3 is 14.0 Å². The van der Waals surface area contributed by atoms with E-state index in [1.807, 2.05) is 6.92 Å². The number of ketones is 1. The maximum Gasteiger partial charge on any atom is 0.329 e. The number of ether oxygens (including phenoxy) is 2. The number of hydrogen-bond donors (Lipinski definition) is 1. The molecule has 0 aliphatic rings. The Morgan fingerprint density at radius 2 is 1.91 bits per heavy atom. The number of aromatic nitrogens is 4. The summed E-state index contributed by atoms with van der Waals surface area (Å²) in [5.74, 6) is 0.785. The third kappa shape index (κ3) is 5.10. The lowest BCUT2D eigenvalue weighted by Gasteiger charge is -2.09. The van der Waals surface area contributed by atoms with E-state index in [-0.39, 0.29) is 41.0 Å². The molecule has 0 fully saturated rings. The van der Waals surface area contributed by atoms with Gasteiger partial charge in [0, 0.05) is 12.6 Å². The molecule has 0 saturated carbocycles. The van der Waals surface area contributed by atoms with Gasteiger partial charge in [0.15, 0.2) is 16.9 Å². The molecular weight excluding hydrogens is 436 g/mol. The number of fused-ring (bicyclic) bond motifs is 1. The number of esters is 1. The molecule has 0 unspecified atom stereocenters. The second-order valence-electron chi connectivity index (χ2n) is 6.97. The lowest BCUT2D eigenvalue weighted by atomic mass is 10.1. The molecule has 1 aromatic carbocycles. The highest BCUT2D eigenvalue weighted by Gasteiger charge is 2.20. The lowest BCUT2D eigenvalue weighted by molar-refractivity contribution is -0.140. The van der Waals surface area contributed by atoms with Crippen LogP contribution in [0.5, 0.6) is 5.75 Å². The monoisotopic (exact) mass is 460 g/mol. The molecule has 0 saturated heterocycles. The molecule has 2 heterocycles. The van der Waals surface area contributed by atoms with E-state index in [1.54, 1.807) is 24.3 Å². The molecule has 10 nitrogen and oxygen atoms in total. The van der Waals surface area contributed by atoms with Gasteiger partial charge in [0.2, 0.25) is 0 Å². The van der Waals surface area contributed by atoms with Crippen LogP contribution in [-0.2, 0) is 28.9 Å². The molecule has 0 atom stereocenters. The maximum absolute atomic E-state index is 12.9. The van der Waals surface area contributed by atoms with Crippen molar-refractivity contribution >= 4 is 34.7 Å². The normalized spacial score (nSPS) is 11.0. The summed E-state index contributed by atoms with van der Waals surface area (Å²) in [4.78, 5) is 55.9. The van der Waals surface area contributed by atoms with Crippen molar-refractivity contribution in [2.45, 2.75) is 25.6 Å². The third-order valence-electron chi connectivity index (χ3n) is 4.72. The second kappa shape index (κ2) is 10.3. The number of carbonyl (C=O) groups is 2. The highest BCUT2D eigenvalue weighted by molar-refractivity contribution is 7.99. The van der Waals surface area contributed by atoms with E-state index in [9.17, 15) is 19.2 Å². The summed E-state index contributed by atoms with van der Waals surface area (Å²) in [7, 11) is 3.02. The van der Waals surface area contributed by atoms with Gasteiger partial charge >= 0.3 is 11.7 Å². The fourth-order valence-electron chi connectivity index (χ4n) is 3.06. The predicted molar refractivity (Wildman–Crippen MR) is 120 cm³/mol. The molecule has 0 spiro atoms. The molecule has 3 aromatic rings. The van der Waals surface area contributed by atoms with Gasteiger partial charge in [-0.3, -0.25) is 23.9 Å². The van der Waals surface area contributed by atoms with Gasteiger partial charge in [-0.05, 0) is 30.7 Å². The summed E-state index contributed by atoms with van der Waals surface area (Å²) < 4.78 is 12.9. The molecular formula is C21H24N4O6S. The first-order valence-electron chi connectivity index (χ1n) is 9.94. The minimum absolute atomic E-state index is 0.102. The number of methoxy groups -OCH3 is 1. The Bertz CT molecular complexity index is 1240. The number of aryl methyl sites for hydroxylation is 1. The van der Waals surface area contributed by atoms with Crippen LogP contribution in [0.2, 0.25) is 0 Å². The Balaban J connectivity index is 1.92. The quantitative estimate of drug-likeness (QED) is 0.356. The number of H-pyrrole nitrogens is 1. The van der Waals surface area contributed by atoms with Crippen LogP contribution in [0.25, 0.3) is 11.2 Å². The zero-order chi connectivity index (χ0) is 23.3. The second-order valence-corrected chi connectivity index (χ2v) is 7.96. The fourth-order valence-corrected chi connectivity index (χ4v) is 3.81. The molecule has 0 radical (unpaired) electrons. The van der Waals surface area contributed by atoms with Crippen molar-refractivity contribution in [2.75, 3.05) is 19.5 Å². The van der Waals surface area contributed by atoms with Crippen molar-refractivity contribution < 1.29 is 19.1 Å². The van der Waals surface area contributed by atoms with E-state index >= 15 is 0 Å². The van der Waals surface area contributed by atoms with E-state index in [1.165, 1.54) is 35.1 Å². The number of carbonyl (C=O) groups excluding carboxylic acids is 2. The topological polar surface area (TPSA) is 125 Å². The molecule has 0 aliphatic heterocycles. The Hall–Kier alpha value is -3.34.